The molecule has 1 rings (SSSR count). The number of aliphatic hydroxyl groups excluding tert-OH is 1. The van der Waals surface area contributed by atoms with Gasteiger partial charge in [-0.15, -0.1) is 0 Å². The number of aliphatic hydroxyl groups is 1. The van der Waals surface area contributed by atoms with Crippen LogP contribution in [0.4, 0.5) is 0 Å². The third-order valence-corrected chi connectivity index (χ3v) is 3.17. The highest BCUT2D eigenvalue weighted by Crippen LogP contribution is 2.25. The van der Waals surface area contributed by atoms with Gasteiger partial charge in [-0.05, 0) is 31.7 Å². The lowest BCUT2D eigenvalue weighted by Gasteiger charge is -2.32. The number of azide groups is 1. The number of nitrogens with zero attached hydrogens (tertiary/aromatic N) is 3. The zero-order valence-corrected chi connectivity index (χ0v) is 10.7. The first kappa shape index (κ1) is 14.0. The van der Waals surface area contributed by atoms with E-state index in [-0.39, 0.29) is 12.2 Å². The fraction of sp³-hybridized carbons (Fsp3) is 0.833. The Labute approximate surface area is 102 Å². The fourth-order valence-corrected chi connectivity index (χ4v) is 2.12. The summed E-state index contributed by atoms with van der Waals surface area (Å²) >= 11 is 0. The average Bonchev–Trinajstić information content (AvgIpc) is 2.31. The van der Waals surface area contributed by atoms with Crippen LogP contribution in [0.15, 0.2) is 16.8 Å². The monoisotopic (exact) mass is 239 g/mol. The van der Waals surface area contributed by atoms with Crippen LogP contribution in [0.25, 0.3) is 10.4 Å². The molecule has 17 heavy (non-hydrogen) atoms. The van der Waals surface area contributed by atoms with Crippen molar-refractivity contribution in [1.82, 2.24) is 0 Å². The van der Waals surface area contributed by atoms with Crippen LogP contribution in [0.3, 0.4) is 0 Å². The summed E-state index contributed by atoms with van der Waals surface area (Å²) < 4.78 is 5.84. The molecule has 1 N–H and O–H groups in total. The van der Waals surface area contributed by atoms with Gasteiger partial charge in [-0.3, -0.25) is 0 Å². The van der Waals surface area contributed by atoms with Gasteiger partial charge >= 0.3 is 0 Å². The molecule has 0 radical (unpaired) electrons. The average molecular weight is 239 g/mol. The summed E-state index contributed by atoms with van der Waals surface area (Å²) in [5, 5.41) is 13.7. The van der Waals surface area contributed by atoms with Gasteiger partial charge in [0.15, 0.2) is 0 Å². The molecule has 0 aromatic heterocycles. The standard InChI is InChI=1S/C12H21N3O2/c1-4-9(5-2)17-11-7-8(3)6-10(12(11)16)14-15-13/h7,9-12,16H,4-6H2,1-3H3. The maximum Gasteiger partial charge on any atom is 0.102 e. The second-order valence-electron chi connectivity index (χ2n) is 4.52. The maximum atomic E-state index is 10.1. The van der Waals surface area contributed by atoms with E-state index < -0.39 is 12.1 Å². The van der Waals surface area contributed by atoms with Crippen molar-refractivity contribution in [3.8, 4) is 0 Å². The molecule has 0 spiro atoms. The molecule has 0 aromatic rings. The quantitative estimate of drug-likeness (QED) is 0.346. The van der Waals surface area contributed by atoms with E-state index >= 15 is 0 Å². The van der Waals surface area contributed by atoms with Gasteiger partial charge in [0.2, 0.25) is 0 Å². The van der Waals surface area contributed by atoms with E-state index in [4.69, 9.17) is 10.3 Å². The lowest BCUT2D eigenvalue weighted by Crippen LogP contribution is -2.41. The van der Waals surface area contributed by atoms with Gasteiger partial charge in [0.05, 0.1) is 18.2 Å². The van der Waals surface area contributed by atoms with Crippen molar-refractivity contribution in [3.63, 3.8) is 0 Å². The SMILES string of the molecule is CCC(CC)OC1C=C(C)CC(N=[N+]=[N-])C1O. The van der Waals surface area contributed by atoms with Gasteiger partial charge in [-0.2, -0.15) is 0 Å². The van der Waals surface area contributed by atoms with Crippen molar-refractivity contribution in [2.24, 2.45) is 5.11 Å². The highest BCUT2D eigenvalue weighted by Gasteiger charge is 2.31. The minimum absolute atomic E-state index is 0.142. The van der Waals surface area contributed by atoms with E-state index in [0.717, 1.165) is 18.4 Å². The molecule has 5 heteroatoms. The largest absolute Gasteiger partial charge is 0.390 e. The summed E-state index contributed by atoms with van der Waals surface area (Å²) in [6.45, 7) is 6.09. The van der Waals surface area contributed by atoms with Crippen LogP contribution in [-0.4, -0.2) is 29.5 Å². The summed E-state index contributed by atoms with van der Waals surface area (Å²) in [5.41, 5.74) is 9.57. The number of hydrogen-bond acceptors (Lipinski definition) is 3. The predicted molar refractivity (Wildman–Crippen MR) is 66.6 cm³/mol. The van der Waals surface area contributed by atoms with Gasteiger partial charge < -0.3 is 9.84 Å². The molecule has 0 fully saturated rings. The molecule has 3 unspecified atom stereocenters. The molecule has 3 atom stereocenters. The van der Waals surface area contributed by atoms with E-state index in [9.17, 15) is 5.11 Å². The van der Waals surface area contributed by atoms with Crippen molar-refractivity contribution in [2.45, 2.75) is 64.4 Å². The second-order valence-corrected chi connectivity index (χ2v) is 4.52. The summed E-state index contributed by atoms with van der Waals surface area (Å²) in [6, 6.07) is -0.413. The molecule has 1 aliphatic rings. The van der Waals surface area contributed by atoms with E-state index in [2.05, 4.69) is 23.9 Å². The van der Waals surface area contributed by atoms with Crippen molar-refractivity contribution in [1.29, 1.82) is 0 Å². The Balaban J connectivity index is 2.76. The summed E-state index contributed by atoms with van der Waals surface area (Å²) in [4.78, 5) is 2.78. The predicted octanol–water partition coefficient (Wildman–Crippen LogP) is 2.95. The van der Waals surface area contributed by atoms with Crippen LogP contribution >= 0.6 is 0 Å². The van der Waals surface area contributed by atoms with E-state index in [1.807, 2.05) is 13.0 Å². The molecular formula is C12H21N3O2. The van der Waals surface area contributed by atoms with Crippen LogP contribution in [0.2, 0.25) is 0 Å². The molecule has 0 amide bonds. The van der Waals surface area contributed by atoms with Gasteiger partial charge in [-0.25, -0.2) is 0 Å². The summed E-state index contributed by atoms with van der Waals surface area (Å²) in [5.74, 6) is 0. The Hall–Kier alpha value is -1.03. The van der Waals surface area contributed by atoms with Crippen molar-refractivity contribution in [3.05, 3.63) is 22.1 Å². The molecule has 0 saturated heterocycles. The van der Waals surface area contributed by atoms with Gasteiger partial charge in [0.25, 0.3) is 0 Å². The molecule has 96 valence electrons. The van der Waals surface area contributed by atoms with E-state index in [0.29, 0.717) is 6.42 Å². The first-order chi connectivity index (χ1) is 8.12. The fourth-order valence-electron chi connectivity index (χ4n) is 2.12. The van der Waals surface area contributed by atoms with Crippen molar-refractivity contribution < 1.29 is 9.84 Å². The Morgan fingerprint density at radius 2 is 2.24 bits per heavy atom. The van der Waals surface area contributed by atoms with Crippen LogP contribution in [0.1, 0.15) is 40.0 Å². The zero-order chi connectivity index (χ0) is 12.8. The normalized spacial score (nSPS) is 28.8. The van der Waals surface area contributed by atoms with Crippen molar-refractivity contribution in [2.75, 3.05) is 0 Å². The number of ether oxygens (including phenoxy) is 1. The smallest absolute Gasteiger partial charge is 0.102 e. The minimum Gasteiger partial charge on any atom is -0.390 e. The van der Waals surface area contributed by atoms with Crippen LogP contribution < -0.4 is 0 Å². The van der Waals surface area contributed by atoms with Gasteiger partial charge in [0, 0.05) is 4.91 Å². The number of rotatable bonds is 5. The lowest BCUT2D eigenvalue weighted by atomic mass is 9.91. The first-order valence-electron chi connectivity index (χ1n) is 6.17. The van der Waals surface area contributed by atoms with Gasteiger partial charge in [-0.1, -0.05) is 30.6 Å². The first-order valence-corrected chi connectivity index (χ1v) is 6.17. The molecule has 0 aromatic carbocycles. The highest BCUT2D eigenvalue weighted by atomic mass is 16.5. The molecule has 0 heterocycles. The highest BCUT2D eigenvalue weighted by molar-refractivity contribution is 5.14. The Morgan fingerprint density at radius 3 is 2.76 bits per heavy atom. The third kappa shape index (κ3) is 3.73. The van der Waals surface area contributed by atoms with Crippen LogP contribution in [0.5, 0.6) is 0 Å². The molecular weight excluding hydrogens is 218 g/mol. The minimum atomic E-state index is -0.741. The van der Waals surface area contributed by atoms with Crippen LogP contribution in [0, 0.1) is 0 Å². The van der Waals surface area contributed by atoms with Crippen molar-refractivity contribution >= 4 is 0 Å². The van der Waals surface area contributed by atoms with E-state index in [1.54, 1.807) is 0 Å². The zero-order valence-electron chi connectivity index (χ0n) is 10.7. The molecule has 0 aliphatic heterocycles. The molecule has 5 nitrogen and oxygen atoms in total. The number of hydrogen-bond donors (Lipinski definition) is 1. The summed E-state index contributed by atoms with van der Waals surface area (Å²) in [6.07, 6.45) is 3.42. The maximum absolute atomic E-state index is 10.1. The van der Waals surface area contributed by atoms with Crippen LogP contribution in [-0.2, 0) is 4.74 Å². The Morgan fingerprint density at radius 1 is 1.59 bits per heavy atom. The molecule has 0 saturated carbocycles. The lowest BCUT2D eigenvalue weighted by molar-refractivity contribution is -0.0660. The Kier molecular flexibility index (Phi) is 5.48. The topological polar surface area (TPSA) is 78.2 Å². The second kappa shape index (κ2) is 6.64. The molecule has 1 aliphatic carbocycles. The third-order valence-electron chi connectivity index (χ3n) is 3.17. The van der Waals surface area contributed by atoms with E-state index in [1.165, 1.54) is 0 Å². The Bertz CT molecular complexity index is 320. The molecule has 0 bridgehead atoms. The van der Waals surface area contributed by atoms with Gasteiger partial charge in [0.1, 0.15) is 6.10 Å². The summed E-state index contributed by atoms with van der Waals surface area (Å²) in [7, 11) is 0.